The van der Waals surface area contributed by atoms with Crippen LogP contribution in [0.4, 0.5) is 10.2 Å². The van der Waals surface area contributed by atoms with E-state index in [4.69, 9.17) is 4.98 Å². The molecule has 4 heterocycles. The number of pyridine rings is 1. The minimum Gasteiger partial charge on any atom is -0.364 e. The number of rotatable bonds is 3. The van der Waals surface area contributed by atoms with Crippen LogP contribution < -0.4 is 5.32 Å². The molecule has 2 N–H and O–H groups in total. The van der Waals surface area contributed by atoms with Gasteiger partial charge in [-0.1, -0.05) is 18.2 Å². The van der Waals surface area contributed by atoms with Crippen molar-refractivity contribution in [2.75, 3.05) is 5.32 Å². The lowest BCUT2D eigenvalue weighted by molar-refractivity contribution is 0.442. The Morgan fingerprint density at radius 2 is 2.03 bits per heavy atom. The molecule has 1 aromatic carbocycles. The van der Waals surface area contributed by atoms with Crippen LogP contribution in [-0.2, 0) is 12.8 Å². The summed E-state index contributed by atoms with van der Waals surface area (Å²) < 4.78 is 15.7. The average molecular weight is 426 g/mol. The molecular weight excluding hydrogens is 403 g/mol. The molecule has 7 heteroatoms. The summed E-state index contributed by atoms with van der Waals surface area (Å²) in [6.07, 6.45) is 7.49. The normalized spacial score (nSPS) is 18.2. The van der Waals surface area contributed by atoms with Gasteiger partial charge >= 0.3 is 0 Å². The van der Waals surface area contributed by atoms with Gasteiger partial charge in [0.15, 0.2) is 5.65 Å². The van der Waals surface area contributed by atoms with E-state index in [9.17, 15) is 4.39 Å². The molecule has 0 aliphatic heterocycles. The van der Waals surface area contributed by atoms with Crippen molar-refractivity contribution in [3.05, 3.63) is 77.6 Å². The van der Waals surface area contributed by atoms with Gasteiger partial charge in [0.05, 0.1) is 18.1 Å². The molecule has 4 aromatic heterocycles. The van der Waals surface area contributed by atoms with E-state index in [0.29, 0.717) is 11.3 Å². The van der Waals surface area contributed by atoms with Crippen molar-refractivity contribution in [3.63, 3.8) is 0 Å². The van der Waals surface area contributed by atoms with Gasteiger partial charge in [0.2, 0.25) is 0 Å². The summed E-state index contributed by atoms with van der Waals surface area (Å²) in [6.45, 7) is 4.23. The number of aromatic nitrogens is 5. The van der Waals surface area contributed by atoms with Crippen LogP contribution in [0.25, 0.3) is 27.8 Å². The highest BCUT2D eigenvalue weighted by molar-refractivity contribution is 5.85. The predicted molar refractivity (Wildman–Crippen MR) is 123 cm³/mol. The van der Waals surface area contributed by atoms with E-state index in [0.717, 1.165) is 36.3 Å². The van der Waals surface area contributed by atoms with E-state index in [1.54, 1.807) is 6.20 Å². The second kappa shape index (κ2) is 6.88. The highest BCUT2D eigenvalue weighted by Crippen LogP contribution is 2.36. The largest absolute Gasteiger partial charge is 0.364 e. The molecule has 6 rings (SSSR count). The highest BCUT2D eigenvalue weighted by atomic mass is 19.1. The fourth-order valence-corrected chi connectivity index (χ4v) is 4.83. The zero-order valence-electron chi connectivity index (χ0n) is 18.0. The Hall–Kier alpha value is -3.74. The van der Waals surface area contributed by atoms with E-state index in [2.05, 4.69) is 51.6 Å². The third-order valence-corrected chi connectivity index (χ3v) is 6.47. The van der Waals surface area contributed by atoms with Crippen LogP contribution in [0.5, 0.6) is 0 Å². The van der Waals surface area contributed by atoms with Crippen LogP contribution in [-0.4, -0.2) is 30.1 Å². The Morgan fingerprint density at radius 3 is 2.91 bits per heavy atom. The van der Waals surface area contributed by atoms with Crippen molar-refractivity contribution in [2.24, 2.45) is 0 Å². The molecule has 0 amide bonds. The zero-order chi connectivity index (χ0) is 21.9. The highest BCUT2D eigenvalue weighted by Gasteiger charge is 2.33. The van der Waals surface area contributed by atoms with Gasteiger partial charge in [0, 0.05) is 45.5 Å². The fourth-order valence-electron chi connectivity index (χ4n) is 4.83. The predicted octanol–water partition coefficient (Wildman–Crippen LogP) is 5.08. The number of halogens is 1. The van der Waals surface area contributed by atoms with Gasteiger partial charge in [-0.3, -0.25) is 4.98 Å². The number of nitrogens with one attached hydrogen (secondary N) is 2. The summed E-state index contributed by atoms with van der Waals surface area (Å²) in [7, 11) is 0. The maximum Gasteiger partial charge on any atom is 0.160 e. The third-order valence-electron chi connectivity index (χ3n) is 6.47. The molecule has 0 spiro atoms. The van der Waals surface area contributed by atoms with Crippen LogP contribution >= 0.6 is 0 Å². The third kappa shape index (κ3) is 3.04. The summed E-state index contributed by atoms with van der Waals surface area (Å²) in [5.74, 6) is 0.461. The summed E-state index contributed by atoms with van der Waals surface area (Å²) in [5.41, 5.74) is 6.76. The lowest BCUT2D eigenvalue weighted by Crippen LogP contribution is -2.41. The molecule has 0 saturated carbocycles. The minimum atomic E-state index is -0.380. The molecule has 1 atom stereocenters. The number of aromatic amines is 1. The quantitative estimate of drug-likeness (QED) is 0.422. The number of hydrogen-bond acceptors (Lipinski definition) is 4. The monoisotopic (exact) mass is 426 g/mol. The number of hydrogen-bond donors (Lipinski definition) is 2. The molecule has 1 aliphatic carbocycles. The van der Waals surface area contributed by atoms with Gasteiger partial charge in [-0.05, 0) is 50.8 Å². The molecule has 0 bridgehead atoms. The van der Waals surface area contributed by atoms with Crippen LogP contribution in [0.2, 0.25) is 0 Å². The SMILES string of the molecule is Cc1cnn2c(NC3(C)CCc4[nH]c5ccccc5c4C3)cc(-c3cncc(F)c3)nc12. The lowest BCUT2D eigenvalue weighted by atomic mass is 9.81. The average Bonchev–Trinajstić information content (AvgIpc) is 3.34. The number of nitrogens with zero attached hydrogens (tertiary/aromatic N) is 4. The molecule has 1 unspecified atom stereocenters. The maximum absolute atomic E-state index is 13.8. The Bertz CT molecular complexity index is 1480. The molecule has 160 valence electrons. The first-order chi connectivity index (χ1) is 15.5. The Labute approximate surface area is 184 Å². The summed E-state index contributed by atoms with van der Waals surface area (Å²) in [6, 6.07) is 11.9. The van der Waals surface area contributed by atoms with E-state index in [1.807, 2.05) is 23.7 Å². The summed E-state index contributed by atoms with van der Waals surface area (Å²) in [4.78, 5) is 12.3. The first-order valence-corrected chi connectivity index (χ1v) is 10.8. The maximum atomic E-state index is 13.8. The van der Waals surface area contributed by atoms with Crippen molar-refractivity contribution in [2.45, 2.75) is 38.6 Å². The molecule has 0 saturated heterocycles. The first kappa shape index (κ1) is 19.0. The topological polar surface area (TPSA) is 70.9 Å². The van der Waals surface area contributed by atoms with Gasteiger partial charge in [-0.15, -0.1) is 0 Å². The zero-order valence-corrected chi connectivity index (χ0v) is 18.0. The molecule has 0 radical (unpaired) electrons. The van der Waals surface area contributed by atoms with E-state index >= 15 is 0 Å². The van der Waals surface area contributed by atoms with Gasteiger partial charge in [0.1, 0.15) is 11.6 Å². The number of fused-ring (bicyclic) bond motifs is 4. The van der Waals surface area contributed by atoms with E-state index in [1.165, 1.54) is 34.4 Å². The van der Waals surface area contributed by atoms with Crippen molar-refractivity contribution in [3.8, 4) is 11.3 Å². The minimum absolute atomic E-state index is 0.163. The van der Waals surface area contributed by atoms with Gasteiger partial charge in [-0.2, -0.15) is 9.61 Å². The summed E-state index contributed by atoms with van der Waals surface area (Å²) >= 11 is 0. The van der Waals surface area contributed by atoms with Crippen molar-refractivity contribution in [1.29, 1.82) is 0 Å². The molecular formula is C25H23FN6. The van der Waals surface area contributed by atoms with Gasteiger partial charge in [-0.25, -0.2) is 9.37 Å². The van der Waals surface area contributed by atoms with Crippen LogP contribution in [0, 0.1) is 12.7 Å². The number of anilines is 1. The smallest absolute Gasteiger partial charge is 0.160 e. The number of para-hydroxylation sites is 1. The van der Waals surface area contributed by atoms with Crippen LogP contribution in [0.3, 0.4) is 0 Å². The number of benzene rings is 1. The standard InChI is InChI=1S/C25H23FN6/c1-15-12-28-32-23(10-22(30-24(15)32)16-9-17(26)14-27-13-16)31-25(2)8-7-21-19(11-25)18-5-3-4-6-20(18)29-21/h3-6,9-10,12-14,29,31H,7-8,11H2,1-2H3. The second-order valence-corrected chi connectivity index (χ2v) is 8.97. The molecule has 0 fully saturated rings. The van der Waals surface area contributed by atoms with Crippen molar-refractivity contribution in [1.82, 2.24) is 24.6 Å². The molecule has 5 aromatic rings. The number of aryl methyl sites for hydroxylation is 2. The lowest BCUT2D eigenvalue weighted by Gasteiger charge is -2.35. The Morgan fingerprint density at radius 1 is 1.16 bits per heavy atom. The molecule has 6 nitrogen and oxygen atoms in total. The van der Waals surface area contributed by atoms with Crippen LogP contribution in [0.1, 0.15) is 30.2 Å². The van der Waals surface area contributed by atoms with Crippen molar-refractivity contribution >= 4 is 22.4 Å². The van der Waals surface area contributed by atoms with Gasteiger partial charge < -0.3 is 10.3 Å². The van der Waals surface area contributed by atoms with E-state index in [-0.39, 0.29) is 11.4 Å². The summed E-state index contributed by atoms with van der Waals surface area (Å²) in [5, 5.41) is 9.60. The van der Waals surface area contributed by atoms with E-state index < -0.39 is 0 Å². The second-order valence-electron chi connectivity index (χ2n) is 8.97. The number of H-pyrrole nitrogens is 1. The molecule has 32 heavy (non-hydrogen) atoms. The first-order valence-electron chi connectivity index (χ1n) is 10.8. The Balaban J connectivity index is 1.43. The van der Waals surface area contributed by atoms with Crippen molar-refractivity contribution < 1.29 is 4.39 Å². The van der Waals surface area contributed by atoms with Gasteiger partial charge in [0.25, 0.3) is 0 Å². The Kier molecular flexibility index (Phi) is 4.08. The fraction of sp³-hybridized carbons (Fsp3) is 0.240. The molecule has 1 aliphatic rings. The van der Waals surface area contributed by atoms with Crippen LogP contribution in [0.15, 0.2) is 55.0 Å².